The van der Waals surface area contributed by atoms with E-state index in [0.29, 0.717) is 13.0 Å². The van der Waals surface area contributed by atoms with Crippen molar-refractivity contribution in [3.05, 3.63) is 29.3 Å². The van der Waals surface area contributed by atoms with Gasteiger partial charge in [0.05, 0.1) is 10.9 Å². The van der Waals surface area contributed by atoms with Crippen molar-refractivity contribution in [2.45, 2.75) is 25.5 Å². The zero-order valence-electron chi connectivity index (χ0n) is 10.2. The standard InChI is InChI=1S/C12H18N2O2S/c1-9-3-4-10(2)12(7-9)14-6-5-11(8-13)17(14,15)16/h3-4,7,11H,5-6,8,13H2,1-2H3/t11-/m0/s1. The number of hydrogen-bond donors (Lipinski definition) is 1. The first kappa shape index (κ1) is 12.4. The average molecular weight is 254 g/mol. The summed E-state index contributed by atoms with van der Waals surface area (Å²) in [4.78, 5) is 0. The number of benzene rings is 1. The van der Waals surface area contributed by atoms with E-state index in [-0.39, 0.29) is 6.54 Å². The molecule has 0 amide bonds. The van der Waals surface area contributed by atoms with Crippen LogP contribution >= 0.6 is 0 Å². The van der Waals surface area contributed by atoms with Crippen molar-refractivity contribution >= 4 is 15.7 Å². The van der Waals surface area contributed by atoms with Crippen LogP contribution in [0.4, 0.5) is 5.69 Å². The quantitative estimate of drug-likeness (QED) is 0.861. The number of anilines is 1. The molecule has 0 aliphatic carbocycles. The molecule has 0 radical (unpaired) electrons. The van der Waals surface area contributed by atoms with E-state index in [1.165, 1.54) is 4.31 Å². The van der Waals surface area contributed by atoms with Gasteiger partial charge in [-0.25, -0.2) is 8.42 Å². The molecule has 0 saturated carbocycles. The largest absolute Gasteiger partial charge is 0.329 e. The number of rotatable bonds is 2. The Morgan fingerprint density at radius 1 is 1.41 bits per heavy atom. The van der Waals surface area contributed by atoms with E-state index in [9.17, 15) is 8.42 Å². The first-order valence-corrected chi connectivity index (χ1v) is 7.26. The third-order valence-corrected chi connectivity index (χ3v) is 5.54. The highest BCUT2D eigenvalue weighted by Crippen LogP contribution is 2.31. The molecule has 1 heterocycles. The summed E-state index contributed by atoms with van der Waals surface area (Å²) >= 11 is 0. The van der Waals surface area contributed by atoms with Crippen molar-refractivity contribution in [2.75, 3.05) is 17.4 Å². The van der Waals surface area contributed by atoms with Crippen LogP contribution in [-0.2, 0) is 10.0 Å². The molecule has 5 heteroatoms. The fourth-order valence-corrected chi connectivity index (χ4v) is 4.04. The number of sulfonamides is 1. The highest BCUT2D eigenvalue weighted by atomic mass is 32.2. The van der Waals surface area contributed by atoms with E-state index in [2.05, 4.69) is 0 Å². The number of aryl methyl sites for hydroxylation is 2. The second kappa shape index (κ2) is 4.31. The third kappa shape index (κ3) is 2.05. The summed E-state index contributed by atoms with van der Waals surface area (Å²) in [6, 6.07) is 5.86. The maximum atomic E-state index is 12.2. The molecule has 1 fully saturated rings. The molecule has 1 saturated heterocycles. The average Bonchev–Trinajstić information content (AvgIpc) is 2.57. The van der Waals surface area contributed by atoms with Crippen LogP contribution in [0.15, 0.2) is 18.2 Å². The SMILES string of the molecule is Cc1ccc(C)c(N2CC[C@@H](CN)S2(=O)=O)c1. The Hall–Kier alpha value is -1.07. The lowest BCUT2D eigenvalue weighted by Crippen LogP contribution is -2.33. The first-order valence-electron chi connectivity index (χ1n) is 5.75. The predicted octanol–water partition coefficient (Wildman–Crippen LogP) is 1.17. The molecule has 94 valence electrons. The van der Waals surface area contributed by atoms with Crippen molar-refractivity contribution in [3.8, 4) is 0 Å². The maximum Gasteiger partial charge on any atom is 0.239 e. The fraction of sp³-hybridized carbons (Fsp3) is 0.500. The second-order valence-electron chi connectivity index (χ2n) is 4.55. The third-order valence-electron chi connectivity index (χ3n) is 3.28. The number of nitrogens with zero attached hydrogens (tertiary/aromatic N) is 1. The lowest BCUT2D eigenvalue weighted by molar-refractivity contribution is 0.588. The van der Waals surface area contributed by atoms with Crippen LogP contribution in [0.1, 0.15) is 17.5 Å². The maximum absolute atomic E-state index is 12.2. The monoisotopic (exact) mass is 254 g/mol. The summed E-state index contributed by atoms with van der Waals surface area (Å²) < 4.78 is 26.0. The van der Waals surface area contributed by atoms with Gasteiger partial charge < -0.3 is 5.73 Å². The van der Waals surface area contributed by atoms with Gasteiger partial charge in [0.1, 0.15) is 0 Å². The van der Waals surface area contributed by atoms with E-state index < -0.39 is 15.3 Å². The van der Waals surface area contributed by atoms with Crippen LogP contribution in [0, 0.1) is 13.8 Å². The van der Waals surface area contributed by atoms with E-state index in [1.54, 1.807) is 0 Å². The van der Waals surface area contributed by atoms with Gasteiger partial charge in [0.15, 0.2) is 0 Å². The molecular formula is C12H18N2O2S. The normalized spacial score (nSPS) is 23.0. The lowest BCUT2D eigenvalue weighted by atomic mass is 10.1. The van der Waals surface area contributed by atoms with Gasteiger partial charge in [0, 0.05) is 13.1 Å². The minimum atomic E-state index is -3.26. The Kier molecular flexibility index (Phi) is 3.14. The van der Waals surface area contributed by atoms with Crippen molar-refractivity contribution < 1.29 is 8.42 Å². The molecule has 1 atom stereocenters. The van der Waals surface area contributed by atoms with E-state index >= 15 is 0 Å². The molecule has 17 heavy (non-hydrogen) atoms. The van der Waals surface area contributed by atoms with Gasteiger partial charge in [-0.15, -0.1) is 0 Å². The minimum absolute atomic E-state index is 0.198. The van der Waals surface area contributed by atoms with Crippen LogP contribution in [0.25, 0.3) is 0 Å². The van der Waals surface area contributed by atoms with Crippen LogP contribution in [-0.4, -0.2) is 26.8 Å². The molecule has 4 nitrogen and oxygen atoms in total. The van der Waals surface area contributed by atoms with Gasteiger partial charge in [-0.1, -0.05) is 12.1 Å². The van der Waals surface area contributed by atoms with Gasteiger partial charge in [-0.3, -0.25) is 4.31 Å². The first-order chi connectivity index (χ1) is 7.96. The summed E-state index contributed by atoms with van der Waals surface area (Å²) in [7, 11) is -3.26. The molecule has 0 bridgehead atoms. The van der Waals surface area contributed by atoms with Crippen LogP contribution in [0.2, 0.25) is 0 Å². The second-order valence-corrected chi connectivity index (χ2v) is 6.69. The molecule has 0 unspecified atom stereocenters. The van der Waals surface area contributed by atoms with Gasteiger partial charge in [-0.2, -0.15) is 0 Å². The summed E-state index contributed by atoms with van der Waals surface area (Å²) in [5, 5.41) is -0.428. The van der Waals surface area contributed by atoms with Crippen LogP contribution < -0.4 is 10.0 Å². The minimum Gasteiger partial charge on any atom is -0.329 e. The lowest BCUT2D eigenvalue weighted by Gasteiger charge is -2.21. The summed E-state index contributed by atoms with van der Waals surface area (Å²) in [5.41, 5.74) is 8.35. The Morgan fingerprint density at radius 2 is 2.12 bits per heavy atom. The zero-order valence-corrected chi connectivity index (χ0v) is 11.0. The van der Waals surface area contributed by atoms with E-state index in [0.717, 1.165) is 16.8 Å². The molecule has 2 N–H and O–H groups in total. The molecule has 0 aromatic heterocycles. The highest BCUT2D eigenvalue weighted by Gasteiger charge is 2.38. The zero-order chi connectivity index (χ0) is 12.6. The molecule has 1 aliphatic heterocycles. The van der Waals surface area contributed by atoms with Gasteiger partial charge in [0.25, 0.3) is 0 Å². The van der Waals surface area contributed by atoms with Crippen molar-refractivity contribution in [2.24, 2.45) is 5.73 Å². The summed E-state index contributed by atoms with van der Waals surface area (Å²) in [5.74, 6) is 0. The fourth-order valence-electron chi connectivity index (χ4n) is 2.20. The Balaban J connectivity index is 2.45. The van der Waals surface area contributed by atoms with Crippen molar-refractivity contribution in [3.63, 3.8) is 0 Å². The van der Waals surface area contributed by atoms with Crippen LogP contribution in [0.5, 0.6) is 0 Å². The molecular weight excluding hydrogens is 236 g/mol. The number of nitrogens with two attached hydrogens (primary N) is 1. The summed E-state index contributed by atoms with van der Waals surface area (Å²) in [6.07, 6.45) is 0.617. The Bertz CT molecular complexity index is 525. The van der Waals surface area contributed by atoms with Crippen LogP contribution in [0.3, 0.4) is 0 Å². The molecule has 1 aliphatic rings. The van der Waals surface area contributed by atoms with Gasteiger partial charge in [-0.05, 0) is 37.5 Å². The number of hydrogen-bond acceptors (Lipinski definition) is 3. The summed E-state index contributed by atoms with van der Waals surface area (Å²) in [6.45, 7) is 4.63. The van der Waals surface area contributed by atoms with E-state index in [1.807, 2.05) is 32.0 Å². The molecule has 0 spiro atoms. The van der Waals surface area contributed by atoms with Crippen molar-refractivity contribution in [1.82, 2.24) is 0 Å². The molecule has 1 aromatic carbocycles. The van der Waals surface area contributed by atoms with E-state index in [4.69, 9.17) is 5.73 Å². The highest BCUT2D eigenvalue weighted by molar-refractivity contribution is 7.93. The van der Waals surface area contributed by atoms with Gasteiger partial charge >= 0.3 is 0 Å². The topological polar surface area (TPSA) is 63.4 Å². The van der Waals surface area contributed by atoms with Gasteiger partial charge in [0.2, 0.25) is 10.0 Å². The Morgan fingerprint density at radius 3 is 2.71 bits per heavy atom. The van der Waals surface area contributed by atoms with Crippen molar-refractivity contribution in [1.29, 1.82) is 0 Å². The molecule has 2 rings (SSSR count). The predicted molar refractivity (Wildman–Crippen MR) is 69.6 cm³/mol. The smallest absolute Gasteiger partial charge is 0.239 e. The Labute approximate surface area is 102 Å². The molecule has 1 aromatic rings.